The molecule has 2 rings (SSSR count). The van der Waals surface area contributed by atoms with Crippen molar-refractivity contribution in [3.63, 3.8) is 0 Å². The van der Waals surface area contributed by atoms with E-state index >= 15 is 0 Å². The summed E-state index contributed by atoms with van der Waals surface area (Å²) in [4.78, 5) is 0. The van der Waals surface area contributed by atoms with E-state index in [0.717, 1.165) is 0 Å². The fourth-order valence-corrected chi connectivity index (χ4v) is 1.95. The number of nitrogens with one attached hydrogen (secondary N) is 2. The quantitative estimate of drug-likeness (QED) is 0.349. The van der Waals surface area contributed by atoms with Crippen molar-refractivity contribution in [2.45, 2.75) is 0 Å². The Bertz CT molecular complexity index is 665. The van der Waals surface area contributed by atoms with Gasteiger partial charge in [0, 0.05) is 44.5 Å². The topological polar surface area (TPSA) is 144 Å². The molecule has 0 spiro atoms. The molecule has 0 aromatic heterocycles. The molecular formula is C12H14N4NiO4S2. The minimum Gasteiger partial charge on any atom is -0.420 e. The Balaban J connectivity index is 0.000000403. The predicted molar refractivity (Wildman–Crippen MR) is 86.4 cm³/mol. The second-order valence-electron chi connectivity index (χ2n) is 3.92. The molecular weight excluding hydrogens is 387 g/mol. The molecule has 0 amide bonds. The first-order valence-corrected chi connectivity index (χ1v) is 7.94. The van der Waals surface area contributed by atoms with Gasteiger partial charge in [-0.1, -0.05) is 0 Å². The molecule has 2 aromatic carbocycles. The zero-order valence-corrected chi connectivity index (χ0v) is 14.2. The van der Waals surface area contributed by atoms with Crippen LogP contribution in [-0.4, -0.2) is 0 Å². The number of benzene rings is 2. The van der Waals surface area contributed by atoms with Gasteiger partial charge < -0.3 is 37.7 Å². The summed E-state index contributed by atoms with van der Waals surface area (Å²) >= 11 is 0. The molecule has 128 valence electrons. The van der Waals surface area contributed by atoms with Crippen LogP contribution in [0.1, 0.15) is 0 Å². The Morgan fingerprint density at radius 1 is 0.609 bits per heavy atom. The van der Waals surface area contributed by atoms with E-state index in [1.165, 1.54) is 0 Å². The van der Waals surface area contributed by atoms with E-state index in [0.29, 0.717) is 22.7 Å². The number of hydrogen-bond acceptors (Lipinski definition) is 8. The SMILES string of the molecule is Nc1ccc(N[S-](=O)=O)cc1.Nc1ccc(N[S-](=O)=O)cc1.[Ni+2]. The van der Waals surface area contributed by atoms with Gasteiger partial charge in [0.2, 0.25) is 0 Å². The first kappa shape index (κ1) is 21.0. The van der Waals surface area contributed by atoms with Crippen LogP contribution in [0.3, 0.4) is 0 Å². The van der Waals surface area contributed by atoms with E-state index in [4.69, 9.17) is 11.5 Å². The summed E-state index contributed by atoms with van der Waals surface area (Å²) in [6, 6.07) is 12.8. The van der Waals surface area contributed by atoms with Gasteiger partial charge in [-0.25, -0.2) is 0 Å². The number of nitrogens with two attached hydrogens (primary N) is 2. The fourth-order valence-electron chi connectivity index (χ4n) is 1.29. The van der Waals surface area contributed by atoms with Crippen molar-refractivity contribution in [1.29, 1.82) is 0 Å². The van der Waals surface area contributed by atoms with Crippen molar-refractivity contribution in [3.05, 3.63) is 48.5 Å². The number of hydrogen-bond donors (Lipinski definition) is 4. The number of rotatable bonds is 4. The number of anilines is 4. The normalized spacial score (nSPS) is 9.48. The second kappa shape index (κ2) is 10.7. The smallest absolute Gasteiger partial charge is 0.420 e. The third-order valence-corrected chi connectivity index (χ3v) is 3.03. The third kappa shape index (κ3) is 9.61. The molecule has 2 aromatic rings. The van der Waals surface area contributed by atoms with E-state index < -0.39 is 21.8 Å². The standard InChI is InChI=1S/2C6H7N2O2S.Ni/c2*7-5-1-3-6(4-2-5)8-11(9)10;/h2*1-4H,7H2,(H,8,9,10);/q2*-1;+2. The van der Waals surface area contributed by atoms with Gasteiger partial charge in [0.1, 0.15) is 0 Å². The van der Waals surface area contributed by atoms with Crippen LogP contribution in [0, 0.1) is 0 Å². The second-order valence-corrected chi connectivity index (χ2v) is 5.26. The Morgan fingerprint density at radius 2 is 0.870 bits per heavy atom. The molecule has 6 N–H and O–H groups in total. The summed E-state index contributed by atoms with van der Waals surface area (Å²) in [6.07, 6.45) is 0. The molecule has 0 bridgehead atoms. The average Bonchev–Trinajstić information content (AvgIpc) is 2.44. The van der Waals surface area contributed by atoms with Gasteiger partial charge in [0.15, 0.2) is 0 Å². The summed E-state index contributed by atoms with van der Waals surface area (Å²) in [5.41, 5.74) is 13.0. The van der Waals surface area contributed by atoms with Crippen LogP contribution >= 0.6 is 0 Å². The Kier molecular flexibility index (Phi) is 9.79. The van der Waals surface area contributed by atoms with Gasteiger partial charge in [-0.05, 0) is 48.5 Å². The van der Waals surface area contributed by atoms with Crippen LogP contribution in [0.25, 0.3) is 0 Å². The first-order valence-electron chi connectivity index (χ1n) is 5.79. The predicted octanol–water partition coefficient (Wildman–Crippen LogP) is 1.81. The molecule has 0 aliphatic rings. The van der Waals surface area contributed by atoms with Crippen molar-refractivity contribution >= 4 is 44.5 Å². The van der Waals surface area contributed by atoms with Crippen LogP contribution in [-0.2, 0) is 55.1 Å². The van der Waals surface area contributed by atoms with Gasteiger partial charge in [-0.2, -0.15) is 0 Å². The summed E-state index contributed by atoms with van der Waals surface area (Å²) in [6.45, 7) is 0. The molecule has 0 fully saturated rings. The molecule has 0 aliphatic heterocycles. The van der Waals surface area contributed by atoms with Crippen molar-refractivity contribution in [3.8, 4) is 0 Å². The van der Waals surface area contributed by atoms with Gasteiger partial charge in [-0.3, -0.25) is 0 Å². The monoisotopic (exact) mass is 400 g/mol. The summed E-state index contributed by atoms with van der Waals surface area (Å²) in [5, 5.41) is 0. The van der Waals surface area contributed by atoms with Gasteiger partial charge in [0.05, 0.1) is 0 Å². The minimum atomic E-state index is -2.26. The number of nitrogen functional groups attached to an aromatic ring is 2. The van der Waals surface area contributed by atoms with E-state index in [1.807, 2.05) is 0 Å². The van der Waals surface area contributed by atoms with Crippen molar-refractivity contribution in [2.24, 2.45) is 0 Å². The summed E-state index contributed by atoms with van der Waals surface area (Å²) < 4.78 is 44.8. The van der Waals surface area contributed by atoms with Crippen LogP contribution in [0.5, 0.6) is 0 Å². The molecule has 0 heterocycles. The van der Waals surface area contributed by atoms with E-state index in [9.17, 15) is 16.8 Å². The molecule has 0 atom stereocenters. The maximum Gasteiger partial charge on any atom is 2.00 e. The van der Waals surface area contributed by atoms with Crippen LogP contribution in [0.15, 0.2) is 48.5 Å². The van der Waals surface area contributed by atoms with Crippen LogP contribution in [0.4, 0.5) is 22.7 Å². The van der Waals surface area contributed by atoms with Gasteiger partial charge >= 0.3 is 16.5 Å². The van der Waals surface area contributed by atoms with Crippen LogP contribution < -0.4 is 20.9 Å². The van der Waals surface area contributed by atoms with Gasteiger partial charge in [0.25, 0.3) is 0 Å². The Hall–Kier alpha value is -1.97. The van der Waals surface area contributed by atoms with Crippen molar-refractivity contribution in [2.75, 3.05) is 20.9 Å². The molecule has 0 saturated carbocycles. The zero-order chi connectivity index (χ0) is 16.5. The Morgan fingerprint density at radius 3 is 1.09 bits per heavy atom. The molecule has 8 nitrogen and oxygen atoms in total. The largest absolute Gasteiger partial charge is 2.00 e. The maximum atomic E-state index is 10.1. The van der Waals surface area contributed by atoms with Gasteiger partial charge in [-0.15, -0.1) is 0 Å². The van der Waals surface area contributed by atoms with E-state index in [1.54, 1.807) is 48.5 Å². The van der Waals surface area contributed by atoms with Crippen molar-refractivity contribution < 1.29 is 33.3 Å². The molecule has 11 heteroatoms. The summed E-state index contributed by atoms with van der Waals surface area (Å²) in [7, 11) is -4.53. The zero-order valence-electron chi connectivity index (χ0n) is 11.5. The third-order valence-electron chi connectivity index (χ3n) is 2.22. The maximum absolute atomic E-state index is 10.1. The van der Waals surface area contributed by atoms with E-state index in [-0.39, 0.29) is 16.5 Å². The Labute approximate surface area is 147 Å². The average molecular weight is 401 g/mol. The van der Waals surface area contributed by atoms with Crippen LogP contribution in [0.2, 0.25) is 0 Å². The molecule has 0 saturated heterocycles. The fraction of sp³-hybridized carbons (Fsp3) is 0. The van der Waals surface area contributed by atoms with E-state index in [2.05, 4.69) is 9.44 Å². The van der Waals surface area contributed by atoms with Crippen molar-refractivity contribution in [1.82, 2.24) is 0 Å². The summed E-state index contributed by atoms with van der Waals surface area (Å²) in [5.74, 6) is 0. The first-order chi connectivity index (χ1) is 10.4. The molecule has 0 aliphatic carbocycles. The molecule has 0 unspecified atom stereocenters. The molecule has 23 heavy (non-hydrogen) atoms. The molecule has 0 radical (unpaired) electrons. The minimum absolute atomic E-state index is 0.